The summed E-state index contributed by atoms with van der Waals surface area (Å²) in [5, 5.41) is 0. The van der Waals surface area contributed by atoms with Gasteiger partial charge in [0.25, 0.3) is 0 Å². The summed E-state index contributed by atoms with van der Waals surface area (Å²) in [5.74, 6) is 7.40. The molecule has 6 nitrogen and oxygen atoms in total. The molecule has 1 aromatic rings. The quantitative estimate of drug-likeness (QED) is 0.436. The molecule has 1 aliphatic carbocycles. The normalized spacial score (nSPS) is 17.7. The fourth-order valence-corrected chi connectivity index (χ4v) is 3.23. The number of H-pyrrole nitrogens is 1. The average molecular weight is 321 g/mol. The van der Waals surface area contributed by atoms with E-state index in [2.05, 4.69) is 9.97 Å². The molecular formula is C17H27N3O3. The molecule has 1 aliphatic rings. The Hall–Kier alpha value is -1.82. The smallest absolute Gasteiger partial charge is 0.306 e. The van der Waals surface area contributed by atoms with E-state index in [4.69, 9.17) is 15.5 Å². The van der Waals surface area contributed by atoms with Gasteiger partial charge in [-0.3, -0.25) is 4.79 Å². The lowest BCUT2D eigenvalue weighted by Gasteiger charge is -2.27. The van der Waals surface area contributed by atoms with Crippen molar-refractivity contribution in [3.8, 4) is 0 Å². The summed E-state index contributed by atoms with van der Waals surface area (Å²) in [4.78, 5) is 24.1. The van der Waals surface area contributed by atoms with E-state index < -0.39 is 0 Å². The molecule has 0 saturated heterocycles. The Kier molecular flexibility index (Phi) is 7.13. The molecule has 128 valence electrons. The van der Waals surface area contributed by atoms with Crippen molar-refractivity contribution in [2.75, 3.05) is 6.61 Å². The number of hydrogen-bond acceptors (Lipinski definition) is 5. The number of carbonyl (C=O) groups excluding carboxylic acids is 1. The lowest BCUT2D eigenvalue weighted by Crippen LogP contribution is -2.17. The van der Waals surface area contributed by atoms with Gasteiger partial charge in [0.2, 0.25) is 0 Å². The number of nitrogens with two attached hydrogens (primary N) is 1. The van der Waals surface area contributed by atoms with Gasteiger partial charge >= 0.3 is 5.97 Å². The number of aromatic amines is 1. The van der Waals surface area contributed by atoms with Crippen LogP contribution in [0.5, 0.6) is 0 Å². The van der Waals surface area contributed by atoms with Gasteiger partial charge in [-0.2, -0.15) is 5.90 Å². The largest absolute Gasteiger partial charge is 0.466 e. The Morgan fingerprint density at radius 2 is 2.22 bits per heavy atom. The van der Waals surface area contributed by atoms with Crippen molar-refractivity contribution in [2.24, 2.45) is 11.8 Å². The molecule has 0 amide bonds. The molecule has 6 heteroatoms. The van der Waals surface area contributed by atoms with E-state index in [1.165, 1.54) is 32.1 Å². The molecule has 0 spiro atoms. The van der Waals surface area contributed by atoms with Gasteiger partial charge in [0, 0.05) is 24.7 Å². The number of carbonyl (C=O) groups is 1. The van der Waals surface area contributed by atoms with Crippen LogP contribution in [0, 0.1) is 5.92 Å². The number of allylic oxidation sites excluding steroid dienone is 2. The van der Waals surface area contributed by atoms with Gasteiger partial charge in [0.15, 0.2) is 0 Å². The van der Waals surface area contributed by atoms with E-state index in [0.717, 1.165) is 5.82 Å². The SMILES string of the molecule is CCOC(=O)CCC(=CC(c1ncc[nH]1)C1CCCCC1)ON. The highest BCUT2D eigenvalue weighted by Gasteiger charge is 2.26. The van der Waals surface area contributed by atoms with Crippen molar-refractivity contribution < 1.29 is 14.4 Å². The molecule has 0 aromatic carbocycles. The summed E-state index contributed by atoms with van der Waals surface area (Å²) in [6, 6.07) is 0. The third-order valence-electron chi connectivity index (χ3n) is 4.39. The van der Waals surface area contributed by atoms with Crippen LogP contribution in [-0.4, -0.2) is 22.5 Å². The van der Waals surface area contributed by atoms with Gasteiger partial charge in [0.05, 0.1) is 13.0 Å². The fraction of sp³-hybridized carbons (Fsp3) is 0.647. The molecule has 3 N–H and O–H groups in total. The maximum Gasteiger partial charge on any atom is 0.306 e. The zero-order chi connectivity index (χ0) is 16.5. The second kappa shape index (κ2) is 9.35. The second-order valence-corrected chi connectivity index (χ2v) is 5.95. The average Bonchev–Trinajstić information content (AvgIpc) is 3.10. The van der Waals surface area contributed by atoms with Crippen molar-refractivity contribution in [1.29, 1.82) is 0 Å². The van der Waals surface area contributed by atoms with Crippen molar-refractivity contribution in [3.63, 3.8) is 0 Å². The molecule has 0 bridgehead atoms. The van der Waals surface area contributed by atoms with Gasteiger partial charge in [-0.25, -0.2) is 4.98 Å². The first-order valence-electron chi connectivity index (χ1n) is 8.47. The Labute approximate surface area is 137 Å². The molecule has 1 heterocycles. The number of nitrogens with zero attached hydrogens (tertiary/aromatic N) is 1. The number of rotatable bonds is 8. The topological polar surface area (TPSA) is 90.2 Å². The van der Waals surface area contributed by atoms with Crippen LogP contribution in [-0.2, 0) is 14.4 Å². The van der Waals surface area contributed by atoms with Crippen LogP contribution < -0.4 is 5.90 Å². The van der Waals surface area contributed by atoms with Crippen LogP contribution in [0.1, 0.15) is 63.6 Å². The summed E-state index contributed by atoms with van der Waals surface area (Å²) in [6.07, 6.45) is 12.5. The van der Waals surface area contributed by atoms with Crippen molar-refractivity contribution in [2.45, 2.75) is 57.8 Å². The Balaban J connectivity index is 2.08. The minimum Gasteiger partial charge on any atom is -0.466 e. The molecule has 1 atom stereocenters. The highest BCUT2D eigenvalue weighted by atomic mass is 16.6. The minimum atomic E-state index is -0.234. The number of aromatic nitrogens is 2. The van der Waals surface area contributed by atoms with E-state index in [1.54, 1.807) is 13.1 Å². The van der Waals surface area contributed by atoms with Crippen LogP contribution >= 0.6 is 0 Å². The molecule has 2 rings (SSSR count). The standard InChI is InChI=1S/C17H27N3O3/c1-2-22-16(21)9-8-14(23-18)12-15(17-19-10-11-20-17)13-6-4-3-5-7-13/h10-13,15H,2-9,18H2,1H3,(H,19,20). The van der Waals surface area contributed by atoms with Crippen LogP contribution in [0.15, 0.2) is 24.2 Å². The third-order valence-corrected chi connectivity index (χ3v) is 4.39. The molecule has 0 aliphatic heterocycles. The van der Waals surface area contributed by atoms with Gasteiger partial charge in [0.1, 0.15) is 11.6 Å². The second-order valence-electron chi connectivity index (χ2n) is 5.95. The number of esters is 1. The summed E-state index contributed by atoms with van der Waals surface area (Å²) in [7, 11) is 0. The zero-order valence-electron chi connectivity index (χ0n) is 13.8. The van der Waals surface area contributed by atoms with Crippen molar-refractivity contribution in [1.82, 2.24) is 9.97 Å². The predicted octanol–water partition coefficient (Wildman–Crippen LogP) is 3.19. The monoisotopic (exact) mass is 321 g/mol. The molecule has 1 saturated carbocycles. The minimum absolute atomic E-state index is 0.144. The molecule has 1 unspecified atom stereocenters. The summed E-state index contributed by atoms with van der Waals surface area (Å²) in [6.45, 7) is 2.18. The summed E-state index contributed by atoms with van der Waals surface area (Å²) >= 11 is 0. The van der Waals surface area contributed by atoms with Gasteiger partial charge in [-0.15, -0.1) is 0 Å². The van der Waals surface area contributed by atoms with E-state index in [1.807, 2.05) is 12.3 Å². The summed E-state index contributed by atoms with van der Waals surface area (Å²) in [5.41, 5.74) is 0. The maximum atomic E-state index is 11.5. The van der Waals surface area contributed by atoms with Crippen LogP contribution in [0.2, 0.25) is 0 Å². The highest BCUT2D eigenvalue weighted by molar-refractivity contribution is 5.69. The number of imidazole rings is 1. The van der Waals surface area contributed by atoms with Crippen LogP contribution in [0.25, 0.3) is 0 Å². The lowest BCUT2D eigenvalue weighted by molar-refractivity contribution is -0.143. The number of ether oxygens (including phenoxy) is 1. The molecular weight excluding hydrogens is 294 g/mol. The van der Waals surface area contributed by atoms with E-state index in [0.29, 0.717) is 24.7 Å². The Morgan fingerprint density at radius 1 is 1.43 bits per heavy atom. The molecule has 23 heavy (non-hydrogen) atoms. The van der Waals surface area contributed by atoms with Crippen molar-refractivity contribution >= 4 is 5.97 Å². The van der Waals surface area contributed by atoms with Gasteiger partial charge < -0.3 is 14.6 Å². The lowest BCUT2D eigenvalue weighted by atomic mass is 9.79. The predicted molar refractivity (Wildman–Crippen MR) is 87.1 cm³/mol. The molecule has 0 radical (unpaired) electrons. The fourth-order valence-electron chi connectivity index (χ4n) is 3.23. The van der Waals surface area contributed by atoms with Crippen LogP contribution in [0.4, 0.5) is 0 Å². The zero-order valence-corrected chi connectivity index (χ0v) is 13.8. The Morgan fingerprint density at radius 3 is 2.83 bits per heavy atom. The first kappa shape index (κ1) is 17.5. The van der Waals surface area contributed by atoms with E-state index >= 15 is 0 Å². The van der Waals surface area contributed by atoms with E-state index in [-0.39, 0.29) is 18.3 Å². The Bertz CT molecular complexity index is 493. The maximum absolute atomic E-state index is 11.5. The molecule has 1 aromatic heterocycles. The van der Waals surface area contributed by atoms with Crippen LogP contribution in [0.3, 0.4) is 0 Å². The van der Waals surface area contributed by atoms with Gasteiger partial charge in [-0.1, -0.05) is 19.3 Å². The van der Waals surface area contributed by atoms with E-state index in [9.17, 15) is 4.79 Å². The molecule has 1 fully saturated rings. The first-order chi connectivity index (χ1) is 11.2. The van der Waals surface area contributed by atoms with Crippen molar-refractivity contribution in [3.05, 3.63) is 30.1 Å². The summed E-state index contributed by atoms with van der Waals surface area (Å²) < 4.78 is 4.95. The number of nitrogens with one attached hydrogen (secondary N) is 1. The first-order valence-corrected chi connectivity index (χ1v) is 8.47. The number of hydrogen-bond donors (Lipinski definition) is 2. The third kappa shape index (κ3) is 5.39. The van der Waals surface area contributed by atoms with Gasteiger partial charge in [-0.05, 0) is 31.8 Å². The highest BCUT2D eigenvalue weighted by Crippen LogP contribution is 2.36.